The molecule has 1 heterocycles. The van der Waals surface area contributed by atoms with Gasteiger partial charge in [0, 0.05) is 11.6 Å². The van der Waals surface area contributed by atoms with Crippen molar-refractivity contribution >= 4 is 28.3 Å². The molecule has 4 atom stereocenters. The molecule has 180 valence electrons. The quantitative estimate of drug-likeness (QED) is 0.524. The van der Waals surface area contributed by atoms with Crippen molar-refractivity contribution in [3.63, 3.8) is 0 Å². The number of hydrogen-bond donors (Lipinski definition) is 1. The van der Waals surface area contributed by atoms with E-state index in [1.54, 1.807) is 47.4 Å². The van der Waals surface area contributed by atoms with Crippen molar-refractivity contribution in [2.45, 2.75) is 55.5 Å². The molecule has 5 rings (SSSR count). The monoisotopic (exact) mass is 486 g/mol. The van der Waals surface area contributed by atoms with Gasteiger partial charge in [-0.25, -0.2) is 4.21 Å². The van der Waals surface area contributed by atoms with Crippen molar-refractivity contribution < 1.29 is 13.8 Å². The van der Waals surface area contributed by atoms with Gasteiger partial charge in [-0.1, -0.05) is 69.2 Å². The Morgan fingerprint density at radius 1 is 0.971 bits per heavy atom. The summed E-state index contributed by atoms with van der Waals surface area (Å²) >= 11 is 0. The molecule has 0 radical (unpaired) electrons. The van der Waals surface area contributed by atoms with Crippen LogP contribution in [0.5, 0.6) is 0 Å². The molecule has 0 bridgehead atoms. The van der Waals surface area contributed by atoms with Crippen LogP contribution in [0.4, 0.5) is 5.69 Å². The van der Waals surface area contributed by atoms with E-state index < -0.39 is 10.8 Å². The highest BCUT2D eigenvalue weighted by atomic mass is 32.2. The number of amides is 2. The molecule has 1 fully saturated rings. The van der Waals surface area contributed by atoms with Crippen LogP contribution in [0.2, 0.25) is 0 Å². The van der Waals surface area contributed by atoms with Crippen LogP contribution in [-0.4, -0.2) is 22.1 Å². The summed E-state index contributed by atoms with van der Waals surface area (Å²) < 4.78 is 13.6. The van der Waals surface area contributed by atoms with Crippen LogP contribution in [0, 0.1) is 11.8 Å². The van der Waals surface area contributed by atoms with E-state index in [2.05, 4.69) is 19.2 Å². The molecule has 2 amide bonds. The molecule has 35 heavy (non-hydrogen) atoms. The molecule has 0 spiro atoms. The molecule has 2 aliphatic rings. The fourth-order valence-electron chi connectivity index (χ4n) is 5.16. The SMILES string of the molecule is C[C@H]1[C@H](C)CCC[C@@H]1NC(=O)c1ccc2c(c1)N(Cc1ccccc1)C(=O)c1ccccc1[S@]2=O. The number of anilines is 1. The van der Waals surface area contributed by atoms with E-state index in [4.69, 9.17) is 0 Å². The third-order valence-corrected chi connectivity index (χ3v) is 8.98. The van der Waals surface area contributed by atoms with Crippen molar-refractivity contribution in [3.05, 3.63) is 89.5 Å². The highest BCUT2D eigenvalue weighted by Gasteiger charge is 2.32. The molecule has 3 aromatic rings. The molecule has 1 saturated carbocycles. The van der Waals surface area contributed by atoms with Gasteiger partial charge in [0.05, 0.1) is 38.4 Å². The predicted molar refractivity (Wildman–Crippen MR) is 138 cm³/mol. The summed E-state index contributed by atoms with van der Waals surface area (Å²) in [4.78, 5) is 29.7. The number of rotatable bonds is 4. The third kappa shape index (κ3) is 4.55. The molecule has 1 aliphatic heterocycles. The van der Waals surface area contributed by atoms with Crippen LogP contribution in [0.1, 0.15) is 59.4 Å². The minimum Gasteiger partial charge on any atom is -0.349 e. The number of nitrogens with zero attached hydrogens (tertiary/aromatic N) is 1. The van der Waals surface area contributed by atoms with Gasteiger partial charge in [-0.3, -0.25) is 9.59 Å². The zero-order valence-corrected chi connectivity index (χ0v) is 20.9. The fraction of sp³-hybridized carbons (Fsp3) is 0.310. The first-order valence-electron chi connectivity index (χ1n) is 12.3. The summed E-state index contributed by atoms with van der Waals surface area (Å²) in [5.74, 6) is 0.606. The molecule has 0 saturated heterocycles. The van der Waals surface area contributed by atoms with Gasteiger partial charge in [0.2, 0.25) is 0 Å². The number of benzene rings is 3. The maximum atomic E-state index is 13.7. The number of nitrogens with one attached hydrogen (secondary N) is 1. The zero-order chi connectivity index (χ0) is 24.5. The fourth-order valence-corrected chi connectivity index (χ4v) is 6.51. The Hall–Kier alpha value is -3.25. The standard InChI is InChI=1S/C29H30N2O3S/c1-19-9-8-13-24(20(19)2)30-28(32)22-15-16-27-25(17-22)31(18-21-10-4-3-5-11-21)29(33)23-12-6-7-14-26(23)35(27)34/h3-7,10-12,14-17,19-20,24H,8-9,13,18H2,1-2H3,(H,30,32)/t19-,20+,24+,35-/m1/s1. The van der Waals surface area contributed by atoms with Gasteiger partial charge in [-0.15, -0.1) is 0 Å². The van der Waals surface area contributed by atoms with Crippen LogP contribution >= 0.6 is 0 Å². The number of carbonyl (C=O) groups excluding carboxylic acids is 2. The summed E-state index contributed by atoms with van der Waals surface area (Å²) in [6, 6.07) is 22.1. The summed E-state index contributed by atoms with van der Waals surface area (Å²) in [6.07, 6.45) is 3.27. The summed E-state index contributed by atoms with van der Waals surface area (Å²) in [7, 11) is -1.54. The number of carbonyl (C=O) groups is 2. The molecule has 3 aromatic carbocycles. The van der Waals surface area contributed by atoms with Gasteiger partial charge in [0.25, 0.3) is 11.8 Å². The van der Waals surface area contributed by atoms with Crippen molar-refractivity contribution in [2.75, 3.05) is 4.90 Å². The predicted octanol–water partition coefficient (Wildman–Crippen LogP) is 5.57. The molecule has 6 heteroatoms. The van der Waals surface area contributed by atoms with E-state index in [0.717, 1.165) is 18.4 Å². The van der Waals surface area contributed by atoms with Crippen LogP contribution in [0.25, 0.3) is 0 Å². The molecule has 1 N–H and O–H groups in total. The van der Waals surface area contributed by atoms with Crippen molar-refractivity contribution in [2.24, 2.45) is 11.8 Å². The van der Waals surface area contributed by atoms with E-state index in [0.29, 0.717) is 45.0 Å². The highest BCUT2D eigenvalue weighted by Crippen LogP contribution is 2.36. The van der Waals surface area contributed by atoms with Crippen molar-refractivity contribution in [3.8, 4) is 0 Å². The molecule has 0 aromatic heterocycles. The Kier molecular flexibility index (Phi) is 6.56. The van der Waals surface area contributed by atoms with Crippen LogP contribution in [0.3, 0.4) is 0 Å². The normalized spacial score (nSPS) is 23.7. The van der Waals surface area contributed by atoms with E-state index >= 15 is 0 Å². The largest absolute Gasteiger partial charge is 0.349 e. The average molecular weight is 487 g/mol. The minimum atomic E-state index is -1.54. The molecule has 0 unspecified atom stereocenters. The van der Waals surface area contributed by atoms with Gasteiger partial charge < -0.3 is 10.2 Å². The average Bonchev–Trinajstić information content (AvgIpc) is 2.97. The highest BCUT2D eigenvalue weighted by molar-refractivity contribution is 7.85. The topological polar surface area (TPSA) is 66.5 Å². The number of hydrogen-bond acceptors (Lipinski definition) is 3. The van der Waals surface area contributed by atoms with Crippen LogP contribution in [-0.2, 0) is 17.3 Å². The first kappa shape index (κ1) is 23.5. The Labute approximate surface area is 209 Å². The van der Waals surface area contributed by atoms with Crippen molar-refractivity contribution in [1.82, 2.24) is 5.32 Å². The van der Waals surface area contributed by atoms with E-state index in [-0.39, 0.29) is 17.9 Å². The van der Waals surface area contributed by atoms with Crippen molar-refractivity contribution in [1.29, 1.82) is 0 Å². The van der Waals surface area contributed by atoms with Gasteiger partial charge in [0.15, 0.2) is 0 Å². The zero-order valence-electron chi connectivity index (χ0n) is 20.1. The van der Waals surface area contributed by atoms with Crippen LogP contribution < -0.4 is 10.2 Å². The van der Waals surface area contributed by atoms with Gasteiger partial charge in [-0.2, -0.15) is 0 Å². The minimum absolute atomic E-state index is 0.130. The second-order valence-electron chi connectivity index (χ2n) is 9.67. The van der Waals surface area contributed by atoms with E-state index in [1.165, 1.54) is 6.42 Å². The van der Waals surface area contributed by atoms with Crippen LogP contribution in [0.15, 0.2) is 82.6 Å². The van der Waals surface area contributed by atoms with E-state index in [9.17, 15) is 13.8 Å². The van der Waals surface area contributed by atoms with Gasteiger partial charge in [0.1, 0.15) is 0 Å². The molecule has 5 nitrogen and oxygen atoms in total. The summed E-state index contributed by atoms with van der Waals surface area (Å²) in [6.45, 7) is 4.76. The Balaban J connectivity index is 1.54. The molecule has 1 aliphatic carbocycles. The lowest BCUT2D eigenvalue weighted by Crippen LogP contribution is -2.43. The first-order chi connectivity index (χ1) is 16.9. The van der Waals surface area contributed by atoms with Gasteiger partial charge in [-0.05, 0) is 54.2 Å². The lowest BCUT2D eigenvalue weighted by molar-refractivity contribution is 0.0889. The Morgan fingerprint density at radius 3 is 2.51 bits per heavy atom. The second kappa shape index (κ2) is 9.78. The Bertz CT molecular complexity index is 1290. The van der Waals surface area contributed by atoms with Gasteiger partial charge >= 0.3 is 0 Å². The molecular formula is C29H30N2O3S. The smallest absolute Gasteiger partial charge is 0.259 e. The maximum Gasteiger partial charge on any atom is 0.259 e. The second-order valence-corrected chi connectivity index (χ2v) is 11.1. The van der Waals surface area contributed by atoms with E-state index in [1.807, 2.05) is 30.3 Å². The number of fused-ring (bicyclic) bond motifs is 2. The summed E-state index contributed by atoms with van der Waals surface area (Å²) in [5, 5.41) is 3.22. The summed E-state index contributed by atoms with van der Waals surface area (Å²) in [5.41, 5.74) is 2.37. The lowest BCUT2D eigenvalue weighted by atomic mass is 9.78. The third-order valence-electron chi connectivity index (χ3n) is 7.48. The first-order valence-corrected chi connectivity index (χ1v) is 13.4. The maximum absolute atomic E-state index is 13.7. The molecular weight excluding hydrogens is 456 g/mol. The lowest BCUT2D eigenvalue weighted by Gasteiger charge is -2.34. The Morgan fingerprint density at radius 2 is 1.71 bits per heavy atom.